The molecule has 4 rings (SSSR count). The monoisotopic (exact) mass is 500 g/mol. The Labute approximate surface area is 207 Å². The van der Waals surface area contributed by atoms with Crippen molar-refractivity contribution >= 4 is 12.0 Å². The van der Waals surface area contributed by atoms with Gasteiger partial charge in [0.05, 0.1) is 23.8 Å². The summed E-state index contributed by atoms with van der Waals surface area (Å²) in [5.41, 5.74) is 7.59. The number of aliphatic imine (C=N–C) groups is 1. The number of hydrogen-bond acceptors (Lipinski definition) is 8. The van der Waals surface area contributed by atoms with Gasteiger partial charge in [-0.2, -0.15) is 4.98 Å². The molecule has 0 amide bonds. The molecule has 0 aliphatic carbocycles. The van der Waals surface area contributed by atoms with Gasteiger partial charge in [0.25, 0.3) is 12.4 Å². The number of amidine groups is 1. The maximum atomic E-state index is 13.6. The minimum absolute atomic E-state index is 0.0717. The van der Waals surface area contributed by atoms with E-state index in [1.165, 1.54) is 30.3 Å². The van der Waals surface area contributed by atoms with Gasteiger partial charge in [-0.1, -0.05) is 0 Å². The van der Waals surface area contributed by atoms with Crippen molar-refractivity contribution < 1.29 is 22.6 Å². The fourth-order valence-corrected chi connectivity index (χ4v) is 3.86. The lowest BCUT2D eigenvalue weighted by Gasteiger charge is -2.22. The third-order valence-electron chi connectivity index (χ3n) is 5.53. The van der Waals surface area contributed by atoms with E-state index in [1.54, 1.807) is 13.0 Å². The van der Waals surface area contributed by atoms with Crippen molar-refractivity contribution in [2.45, 2.75) is 33.2 Å². The summed E-state index contributed by atoms with van der Waals surface area (Å²) >= 11 is 0. The van der Waals surface area contributed by atoms with Crippen molar-refractivity contribution in [3.63, 3.8) is 0 Å². The molecular formula is C25H27F3N6O2. The number of nitrogen functional groups attached to an aromatic ring is 1. The molecule has 1 aliphatic rings. The number of aryl methyl sites for hydroxylation is 1. The molecule has 1 atom stereocenters. The second-order valence-corrected chi connectivity index (χ2v) is 8.34. The van der Waals surface area contributed by atoms with E-state index in [-0.39, 0.29) is 30.2 Å². The van der Waals surface area contributed by atoms with Gasteiger partial charge in [0.2, 0.25) is 11.8 Å². The van der Waals surface area contributed by atoms with E-state index in [1.807, 2.05) is 18.7 Å². The second-order valence-electron chi connectivity index (χ2n) is 8.34. The lowest BCUT2D eigenvalue weighted by Crippen LogP contribution is -2.34. The average Bonchev–Trinajstić information content (AvgIpc) is 3.27. The molecule has 0 fully saturated rings. The number of likely N-dealkylation sites (N-methyl/N-ethyl adjacent to an activating group) is 1. The van der Waals surface area contributed by atoms with Crippen LogP contribution in [-0.2, 0) is 4.74 Å². The van der Waals surface area contributed by atoms with Crippen LogP contribution in [0.1, 0.15) is 31.7 Å². The lowest BCUT2D eigenvalue weighted by atomic mass is 9.99. The first-order valence-corrected chi connectivity index (χ1v) is 11.5. The van der Waals surface area contributed by atoms with Crippen molar-refractivity contribution in [3.8, 4) is 28.3 Å². The number of rotatable bonds is 8. The van der Waals surface area contributed by atoms with Gasteiger partial charge >= 0.3 is 0 Å². The summed E-state index contributed by atoms with van der Waals surface area (Å²) in [4.78, 5) is 19.0. The van der Waals surface area contributed by atoms with Crippen LogP contribution in [0.4, 0.5) is 19.1 Å². The predicted octanol–water partition coefficient (Wildman–Crippen LogP) is 4.65. The van der Waals surface area contributed by atoms with E-state index < -0.39 is 12.2 Å². The molecule has 2 aromatic heterocycles. The Kier molecular flexibility index (Phi) is 7.56. The number of halogens is 3. The molecule has 0 spiro atoms. The Morgan fingerprint density at radius 3 is 2.53 bits per heavy atom. The van der Waals surface area contributed by atoms with Crippen LogP contribution in [0.15, 0.2) is 41.4 Å². The maximum Gasteiger partial charge on any atom is 0.287 e. The van der Waals surface area contributed by atoms with E-state index in [0.29, 0.717) is 53.8 Å². The number of aromatic nitrogens is 3. The molecule has 0 saturated carbocycles. The number of nitrogens with two attached hydrogens (primary N) is 1. The Bertz CT molecular complexity index is 1250. The highest BCUT2D eigenvalue weighted by Gasteiger charge is 2.23. The third-order valence-corrected chi connectivity index (χ3v) is 5.53. The number of alkyl halides is 2. The van der Waals surface area contributed by atoms with Crippen LogP contribution in [0, 0.1) is 12.7 Å². The molecule has 2 N–H and O–H groups in total. The Hall–Kier alpha value is -3.89. The minimum Gasteiger partial charge on any atom is -0.475 e. The molecule has 0 unspecified atom stereocenters. The number of pyridine rings is 1. The fraction of sp³-hybridized carbons (Fsp3) is 0.360. The van der Waals surface area contributed by atoms with Crippen LogP contribution in [0.2, 0.25) is 0 Å². The van der Waals surface area contributed by atoms with Crippen molar-refractivity contribution in [1.82, 2.24) is 19.9 Å². The molecule has 0 radical (unpaired) electrons. The average molecular weight is 501 g/mol. The first-order chi connectivity index (χ1) is 17.2. The highest BCUT2D eigenvalue weighted by Crippen LogP contribution is 2.39. The van der Waals surface area contributed by atoms with Gasteiger partial charge in [0.15, 0.2) is 0 Å². The quantitative estimate of drug-likeness (QED) is 0.481. The molecule has 190 valence electrons. The van der Waals surface area contributed by atoms with Crippen molar-refractivity contribution in [2.75, 3.05) is 32.0 Å². The molecule has 3 aromatic rings. The van der Waals surface area contributed by atoms with Crippen LogP contribution >= 0.6 is 0 Å². The Balaban J connectivity index is 1.74. The highest BCUT2D eigenvalue weighted by molar-refractivity contribution is 5.85. The van der Waals surface area contributed by atoms with Gasteiger partial charge in [-0.05, 0) is 62.7 Å². The number of ether oxygens (including phenoxy) is 2. The molecular weight excluding hydrogens is 473 g/mol. The summed E-state index contributed by atoms with van der Waals surface area (Å²) in [5, 5.41) is 0. The van der Waals surface area contributed by atoms with E-state index in [4.69, 9.17) is 15.2 Å². The van der Waals surface area contributed by atoms with Crippen LogP contribution < -0.4 is 10.5 Å². The van der Waals surface area contributed by atoms with Gasteiger partial charge in [-0.3, -0.25) is 4.98 Å². The van der Waals surface area contributed by atoms with Crippen LogP contribution in [-0.4, -0.2) is 58.2 Å². The zero-order valence-corrected chi connectivity index (χ0v) is 20.2. The molecule has 1 aromatic carbocycles. The van der Waals surface area contributed by atoms with Gasteiger partial charge in [0.1, 0.15) is 24.7 Å². The smallest absolute Gasteiger partial charge is 0.287 e. The van der Waals surface area contributed by atoms with Crippen molar-refractivity contribution in [2.24, 2.45) is 4.99 Å². The van der Waals surface area contributed by atoms with Crippen LogP contribution in [0.25, 0.3) is 22.4 Å². The van der Waals surface area contributed by atoms with Gasteiger partial charge < -0.3 is 20.1 Å². The molecule has 1 aliphatic heterocycles. The predicted molar refractivity (Wildman–Crippen MR) is 130 cm³/mol. The fourth-order valence-electron chi connectivity index (χ4n) is 3.86. The van der Waals surface area contributed by atoms with E-state index in [2.05, 4.69) is 19.9 Å². The van der Waals surface area contributed by atoms with Gasteiger partial charge in [-0.15, -0.1) is 0 Å². The van der Waals surface area contributed by atoms with Gasteiger partial charge in [-0.25, -0.2) is 23.1 Å². The zero-order chi connectivity index (χ0) is 25.8. The van der Waals surface area contributed by atoms with Crippen molar-refractivity contribution in [1.29, 1.82) is 0 Å². The Morgan fingerprint density at radius 1 is 1.14 bits per heavy atom. The normalized spacial score (nSPS) is 15.1. The summed E-state index contributed by atoms with van der Waals surface area (Å²) in [6.07, 6.45) is -2.77. The highest BCUT2D eigenvalue weighted by atomic mass is 19.3. The van der Waals surface area contributed by atoms with Crippen LogP contribution in [0.3, 0.4) is 0 Å². The van der Waals surface area contributed by atoms with E-state index >= 15 is 0 Å². The molecule has 8 nitrogen and oxygen atoms in total. The summed E-state index contributed by atoms with van der Waals surface area (Å²) in [6, 6.07) is 9.17. The first-order valence-electron chi connectivity index (χ1n) is 11.5. The number of anilines is 1. The van der Waals surface area contributed by atoms with Crippen molar-refractivity contribution in [3.05, 3.63) is 53.6 Å². The van der Waals surface area contributed by atoms with Crippen LogP contribution in [0.5, 0.6) is 5.88 Å². The summed E-state index contributed by atoms with van der Waals surface area (Å²) in [7, 11) is 0. The topological polar surface area (TPSA) is 98.8 Å². The Morgan fingerprint density at radius 2 is 1.89 bits per heavy atom. The molecule has 11 heteroatoms. The maximum absolute atomic E-state index is 13.6. The first kappa shape index (κ1) is 25.2. The largest absolute Gasteiger partial charge is 0.475 e. The zero-order valence-electron chi connectivity index (χ0n) is 20.2. The lowest BCUT2D eigenvalue weighted by molar-refractivity contribution is 0.146. The van der Waals surface area contributed by atoms with E-state index in [9.17, 15) is 13.2 Å². The number of hydrogen-bond donors (Lipinski definition) is 1. The molecule has 0 saturated heterocycles. The molecule has 3 heterocycles. The van der Waals surface area contributed by atoms with Gasteiger partial charge in [0, 0.05) is 17.8 Å². The SMILES string of the molecule is CCN(CCOc1nc(N)nc(-c2ccc(F)cc2)c1-c1cc(C)nc(C(F)F)c1)C1=N[C@H](C)CO1. The number of benzene rings is 1. The third kappa shape index (κ3) is 5.67. The molecule has 36 heavy (non-hydrogen) atoms. The standard InChI is InChI=1S/C25H27F3N6O2/c1-4-34(25-31-15(3)13-36-25)9-10-35-23-20(17-11-14(2)30-19(12-17)22(27)28)21(32-24(29)33-23)16-5-7-18(26)8-6-16/h5-8,11-12,15,22H,4,9-10,13H2,1-3H3,(H2,29,32,33)/t15-/m1/s1. The number of nitrogens with zero attached hydrogens (tertiary/aromatic N) is 5. The van der Waals surface area contributed by atoms with E-state index in [0.717, 1.165) is 0 Å². The second kappa shape index (κ2) is 10.8. The summed E-state index contributed by atoms with van der Waals surface area (Å²) < 4.78 is 52.4. The minimum atomic E-state index is -2.77. The summed E-state index contributed by atoms with van der Waals surface area (Å²) in [6.45, 7) is 7.35. The summed E-state index contributed by atoms with van der Waals surface area (Å²) in [5.74, 6) is -0.381. The molecule has 0 bridgehead atoms.